The molecule has 104 valence electrons. The second kappa shape index (κ2) is 7.01. The molecule has 0 radical (unpaired) electrons. The highest BCUT2D eigenvalue weighted by molar-refractivity contribution is 8.00. The standard InChI is InChI=1S/C16H17NO2S/c1-12(20-15-9-4-3-5-10-15)16(18)17-13-7-6-8-14(11-13)19-2/h3-12H,1-2H3,(H,17,18). The van der Waals surface area contributed by atoms with Gasteiger partial charge < -0.3 is 10.1 Å². The normalized spacial score (nSPS) is 11.7. The fourth-order valence-corrected chi connectivity index (χ4v) is 2.59. The highest BCUT2D eigenvalue weighted by Gasteiger charge is 2.14. The van der Waals surface area contributed by atoms with Crippen molar-refractivity contribution in [2.24, 2.45) is 0 Å². The third-order valence-corrected chi connectivity index (χ3v) is 3.87. The van der Waals surface area contributed by atoms with Crippen molar-refractivity contribution in [3.63, 3.8) is 0 Å². The number of nitrogens with one attached hydrogen (secondary N) is 1. The van der Waals surface area contributed by atoms with Gasteiger partial charge in [0.05, 0.1) is 12.4 Å². The van der Waals surface area contributed by atoms with Crippen molar-refractivity contribution < 1.29 is 9.53 Å². The van der Waals surface area contributed by atoms with E-state index in [4.69, 9.17) is 4.74 Å². The van der Waals surface area contributed by atoms with Crippen molar-refractivity contribution in [1.82, 2.24) is 0 Å². The van der Waals surface area contributed by atoms with E-state index in [-0.39, 0.29) is 11.2 Å². The first-order chi connectivity index (χ1) is 9.69. The third kappa shape index (κ3) is 4.03. The van der Waals surface area contributed by atoms with Gasteiger partial charge in [0.1, 0.15) is 5.75 Å². The molecule has 0 saturated carbocycles. The maximum atomic E-state index is 12.1. The van der Waals surface area contributed by atoms with Gasteiger partial charge >= 0.3 is 0 Å². The number of thioether (sulfide) groups is 1. The van der Waals surface area contributed by atoms with Crippen LogP contribution in [0.15, 0.2) is 59.5 Å². The molecule has 3 nitrogen and oxygen atoms in total. The maximum absolute atomic E-state index is 12.1. The summed E-state index contributed by atoms with van der Waals surface area (Å²) in [6, 6.07) is 17.2. The number of anilines is 1. The molecule has 2 rings (SSSR count). The molecule has 0 aliphatic rings. The number of methoxy groups -OCH3 is 1. The fraction of sp³-hybridized carbons (Fsp3) is 0.188. The molecule has 0 heterocycles. The fourth-order valence-electron chi connectivity index (χ4n) is 1.70. The van der Waals surface area contributed by atoms with E-state index in [9.17, 15) is 4.79 Å². The zero-order chi connectivity index (χ0) is 14.4. The van der Waals surface area contributed by atoms with Crippen molar-refractivity contribution in [3.8, 4) is 5.75 Å². The first kappa shape index (κ1) is 14.5. The van der Waals surface area contributed by atoms with Gasteiger partial charge in [-0.05, 0) is 31.2 Å². The summed E-state index contributed by atoms with van der Waals surface area (Å²) >= 11 is 1.54. The molecule has 1 N–H and O–H groups in total. The summed E-state index contributed by atoms with van der Waals surface area (Å²) in [6.45, 7) is 1.90. The smallest absolute Gasteiger partial charge is 0.237 e. The number of carbonyl (C=O) groups excluding carboxylic acids is 1. The lowest BCUT2D eigenvalue weighted by atomic mass is 10.3. The van der Waals surface area contributed by atoms with Crippen LogP contribution in [0.3, 0.4) is 0 Å². The second-order valence-electron chi connectivity index (χ2n) is 4.29. The van der Waals surface area contributed by atoms with Crippen LogP contribution < -0.4 is 10.1 Å². The van der Waals surface area contributed by atoms with E-state index in [0.29, 0.717) is 0 Å². The third-order valence-electron chi connectivity index (χ3n) is 2.76. The summed E-state index contributed by atoms with van der Waals surface area (Å²) in [7, 11) is 1.61. The van der Waals surface area contributed by atoms with Crippen molar-refractivity contribution in [2.75, 3.05) is 12.4 Å². The molecule has 0 aliphatic heterocycles. The van der Waals surface area contributed by atoms with Gasteiger partial charge in [0.25, 0.3) is 0 Å². The quantitative estimate of drug-likeness (QED) is 0.850. The van der Waals surface area contributed by atoms with Crippen molar-refractivity contribution in [1.29, 1.82) is 0 Å². The van der Waals surface area contributed by atoms with Crippen LogP contribution >= 0.6 is 11.8 Å². The molecule has 1 unspecified atom stereocenters. The van der Waals surface area contributed by atoms with Gasteiger partial charge in [-0.15, -0.1) is 11.8 Å². The number of hydrogen-bond donors (Lipinski definition) is 1. The van der Waals surface area contributed by atoms with E-state index in [1.165, 1.54) is 11.8 Å². The van der Waals surface area contributed by atoms with E-state index in [0.717, 1.165) is 16.3 Å². The number of carbonyl (C=O) groups is 1. The average Bonchev–Trinajstić information content (AvgIpc) is 2.48. The van der Waals surface area contributed by atoms with Gasteiger partial charge in [-0.1, -0.05) is 24.3 Å². The summed E-state index contributed by atoms with van der Waals surface area (Å²) in [5.41, 5.74) is 0.745. The Morgan fingerprint density at radius 1 is 1.15 bits per heavy atom. The van der Waals surface area contributed by atoms with Crippen molar-refractivity contribution >= 4 is 23.4 Å². The largest absolute Gasteiger partial charge is 0.497 e. The second-order valence-corrected chi connectivity index (χ2v) is 5.71. The molecule has 1 amide bonds. The molecule has 2 aromatic carbocycles. The molecular formula is C16H17NO2S. The van der Waals surface area contributed by atoms with Gasteiger partial charge in [-0.25, -0.2) is 0 Å². The first-order valence-corrected chi connectivity index (χ1v) is 7.23. The predicted molar refractivity (Wildman–Crippen MR) is 83.4 cm³/mol. The molecule has 0 aliphatic carbocycles. The number of benzene rings is 2. The maximum Gasteiger partial charge on any atom is 0.237 e. The van der Waals surface area contributed by atoms with Gasteiger partial charge in [0, 0.05) is 16.6 Å². The van der Waals surface area contributed by atoms with Crippen LogP contribution in [0.2, 0.25) is 0 Å². The Labute approximate surface area is 123 Å². The van der Waals surface area contributed by atoms with Crippen LogP contribution in [-0.4, -0.2) is 18.3 Å². The lowest BCUT2D eigenvalue weighted by Gasteiger charge is -2.12. The van der Waals surface area contributed by atoms with Crippen LogP contribution in [0.25, 0.3) is 0 Å². The molecular weight excluding hydrogens is 270 g/mol. The van der Waals surface area contributed by atoms with E-state index >= 15 is 0 Å². The SMILES string of the molecule is COc1cccc(NC(=O)C(C)Sc2ccccc2)c1. The monoisotopic (exact) mass is 287 g/mol. The molecule has 20 heavy (non-hydrogen) atoms. The molecule has 0 fully saturated rings. The molecule has 2 aromatic rings. The Hall–Kier alpha value is -1.94. The predicted octanol–water partition coefficient (Wildman–Crippen LogP) is 3.81. The number of hydrogen-bond acceptors (Lipinski definition) is 3. The van der Waals surface area contributed by atoms with Crippen LogP contribution in [-0.2, 0) is 4.79 Å². The number of ether oxygens (including phenoxy) is 1. The lowest BCUT2D eigenvalue weighted by Crippen LogP contribution is -2.22. The summed E-state index contributed by atoms with van der Waals surface area (Å²) < 4.78 is 5.14. The van der Waals surface area contributed by atoms with E-state index in [1.807, 2.05) is 55.5 Å². The van der Waals surface area contributed by atoms with E-state index < -0.39 is 0 Å². The molecule has 0 spiro atoms. The van der Waals surface area contributed by atoms with E-state index in [2.05, 4.69) is 5.32 Å². The summed E-state index contributed by atoms with van der Waals surface area (Å²) in [6.07, 6.45) is 0. The van der Waals surface area contributed by atoms with E-state index in [1.54, 1.807) is 13.2 Å². The lowest BCUT2D eigenvalue weighted by molar-refractivity contribution is -0.115. The highest BCUT2D eigenvalue weighted by Crippen LogP contribution is 2.24. The van der Waals surface area contributed by atoms with Gasteiger partial charge in [0.15, 0.2) is 0 Å². The van der Waals surface area contributed by atoms with Crippen LogP contribution in [0, 0.1) is 0 Å². The Morgan fingerprint density at radius 3 is 2.60 bits per heavy atom. The number of amides is 1. The van der Waals surface area contributed by atoms with Crippen LogP contribution in [0.4, 0.5) is 5.69 Å². The molecule has 0 saturated heterocycles. The van der Waals surface area contributed by atoms with Gasteiger partial charge in [0.2, 0.25) is 5.91 Å². The summed E-state index contributed by atoms with van der Waals surface area (Å²) in [5.74, 6) is 0.707. The molecule has 1 atom stereocenters. The topological polar surface area (TPSA) is 38.3 Å². The first-order valence-electron chi connectivity index (χ1n) is 6.35. The van der Waals surface area contributed by atoms with Crippen LogP contribution in [0.5, 0.6) is 5.75 Å². The number of rotatable bonds is 5. The molecule has 0 bridgehead atoms. The average molecular weight is 287 g/mol. The zero-order valence-corrected chi connectivity index (χ0v) is 12.3. The van der Waals surface area contributed by atoms with Crippen molar-refractivity contribution in [3.05, 3.63) is 54.6 Å². The van der Waals surface area contributed by atoms with Gasteiger partial charge in [-0.2, -0.15) is 0 Å². The Morgan fingerprint density at radius 2 is 1.90 bits per heavy atom. The minimum absolute atomic E-state index is 0.0212. The summed E-state index contributed by atoms with van der Waals surface area (Å²) in [5, 5.41) is 2.73. The zero-order valence-electron chi connectivity index (χ0n) is 11.5. The Balaban J connectivity index is 1.97. The molecule has 0 aromatic heterocycles. The van der Waals surface area contributed by atoms with Gasteiger partial charge in [-0.3, -0.25) is 4.79 Å². The minimum atomic E-state index is -0.163. The summed E-state index contributed by atoms with van der Waals surface area (Å²) in [4.78, 5) is 13.2. The minimum Gasteiger partial charge on any atom is -0.497 e. The Bertz CT molecular complexity index is 572. The highest BCUT2D eigenvalue weighted by atomic mass is 32.2. The van der Waals surface area contributed by atoms with Crippen LogP contribution in [0.1, 0.15) is 6.92 Å². The Kier molecular flexibility index (Phi) is 5.07. The van der Waals surface area contributed by atoms with Crippen molar-refractivity contribution in [2.45, 2.75) is 17.1 Å². The molecule has 4 heteroatoms.